The number of hydrogen-bond donors (Lipinski definition) is 1. The van der Waals surface area contributed by atoms with Gasteiger partial charge >= 0.3 is 0 Å². The van der Waals surface area contributed by atoms with Gasteiger partial charge in [0.15, 0.2) is 5.72 Å². The predicted molar refractivity (Wildman–Crippen MR) is 99.2 cm³/mol. The molecule has 0 spiro atoms. The van der Waals surface area contributed by atoms with Crippen LogP contribution in [0.25, 0.3) is 0 Å². The second-order valence-electron chi connectivity index (χ2n) is 7.16. The van der Waals surface area contributed by atoms with Crippen LogP contribution in [0.3, 0.4) is 0 Å². The summed E-state index contributed by atoms with van der Waals surface area (Å²) in [6, 6.07) is 16.9. The zero-order valence-corrected chi connectivity index (χ0v) is 15.1. The number of hydrogen-bond acceptors (Lipinski definition) is 4. The van der Waals surface area contributed by atoms with E-state index in [1.165, 1.54) is 0 Å². The Morgan fingerprint density at radius 3 is 2.67 bits per heavy atom. The van der Waals surface area contributed by atoms with E-state index in [-0.39, 0.29) is 11.8 Å². The molecule has 4 rings (SSSR count). The van der Waals surface area contributed by atoms with Gasteiger partial charge in [0.1, 0.15) is 24.0 Å². The Morgan fingerprint density at radius 1 is 1.22 bits per heavy atom. The third-order valence-electron chi connectivity index (χ3n) is 5.39. The SMILES string of the molecule is C[C@@]12C[C@@H](c3ccccc3O1)[C@H](C(N)=O)C(=O)N2CCOc1ccccc1. The first-order chi connectivity index (χ1) is 13.0. The summed E-state index contributed by atoms with van der Waals surface area (Å²) in [5, 5.41) is 0. The first-order valence-electron chi connectivity index (χ1n) is 9.06. The number of fused-ring (bicyclic) bond motifs is 4. The van der Waals surface area contributed by atoms with Crippen LogP contribution in [0.5, 0.6) is 11.5 Å². The van der Waals surface area contributed by atoms with Crippen LogP contribution in [0.4, 0.5) is 0 Å². The molecule has 0 saturated carbocycles. The summed E-state index contributed by atoms with van der Waals surface area (Å²) in [6.45, 7) is 2.49. The van der Waals surface area contributed by atoms with E-state index in [0.717, 1.165) is 11.3 Å². The van der Waals surface area contributed by atoms with Crippen molar-refractivity contribution in [3.05, 3.63) is 60.2 Å². The van der Waals surface area contributed by atoms with Crippen LogP contribution in [0.15, 0.2) is 54.6 Å². The van der Waals surface area contributed by atoms with Crippen molar-refractivity contribution in [1.82, 2.24) is 4.90 Å². The summed E-state index contributed by atoms with van der Waals surface area (Å²) in [7, 11) is 0. The third-order valence-corrected chi connectivity index (χ3v) is 5.39. The maximum atomic E-state index is 13.1. The van der Waals surface area contributed by atoms with Crippen LogP contribution >= 0.6 is 0 Å². The standard InChI is InChI=1S/C21H22N2O4/c1-21-13-16(15-9-5-6-10-17(15)27-21)18(19(22)24)20(25)23(21)11-12-26-14-7-3-2-4-8-14/h2-10,16,18H,11-13H2,1H3,(H2,22,24)/t16-,18+,21-/m0/s1. The summed E-state index contributed by atoms with van der Waals surface area (Å²) >= 11 is 0. The van der Waals surface area contributed by atoms with Crippen LogP contribution < -0.4 is 15.2 Å². The molecular weight excluding hydrogens is 344 g/mol. The molecule has 0 radical (unpaired) electrons. The Bertz CT molecular complexity index is 869. The van der Waals surface area contributed by atoms with Crippen molar-refractivity contribution < 1.29 is 19.1 Å². The minimum atomic E-state index is -0.889. The topological polar surface area (TPSA) is 81.9 Å². The number of carbonyl (C=O) groups excluding carboxylic acids is 2. The number of ether oxygens (including phenoxy) is 2. The van der Waals surface area contributed by atoms with Gasteiger partial charge in [0, 0.05) is 12.3 Å². The van der Waals surface area contributed by atoms with E-state index in [4.69, 9.17) is 15.2 Å². The molecule has 1 saturated heterocycles. The molecule has 6 heteroatoms. The molecule has 2 N–H and O–H groups in total. The van der Waals surface area contributed by atoms with Gasteiger partial charge in [0.25, 0.3) is 0 Å². The Kier molecular flexibility index (Phi) is 4.26. The molecule has 0 unspecified atom stereocenters. The van der Waals surface area contributed by atoms with Gasteiger partial charge in [-0.2, -0.15) is 0 Å². The van der Waals surface area contributed by atoms with Crippen LogP contribution in [-0.4, -0.2) is 35.6 Å². The Balaban J connectivity index is 1.60. The van der Waals surface area contributed by atoms with E-state index in [1.54, 1.807) is 4.90 Å². The largest absolute Gasteiger partial charge is 0.492 e. The fraction of sp³-hybridized carbons (Fsp3) is 0.333. The number of nitrogens with zero attached hydrogens (tertiary/aromatic N) is 1. The van der Waals surface area contributed by atoms with E-state index in [9.17, 15) is 9.59 Å². The van der Waals surface area contributed by atoms with Gasteiger partial charge in [0.05, 0.1) is 6.54 Å². The summed E-state index contributed by atoms with van der Waals surface area (Å²) in [6.07, 6.45) is 0.523. The van der Waals surface area contributed by atoms with E-state index in [0.29, 0.717) is 25.3 Å². The number of piperidine rings is 1. The average molecular weight is 366 g/mol. The van der Waals surface area contributed by atoms with E-state index >= 15 is 0 Å². The molecule has 140 valence electrons. The van der Waals surface area contributed by atoms with Gasteiger partial charge in [-0.3, -0.25) is 9.59 Å². The van der Waals surface area contributed by atoms with Crippen molar-refractivity contribution >= 4 is 11.8 Å². The highest BCUT2D eigenvalue weighted by molar-refractivity contribution is 6.01. The fourth-order valence-corrected chi connectivity index (χ4v) is 4.15. The van der Waals surface area contributed by atoms with E-state index in [2.05, 4.69) is 0 Å². The van der Waals surface area contributed by atoms with Gasteiger partial charge < -0.3 is 20.1 Å². The van der Waals surface area contributed by atoms with Crippen molar-refractivity contribution in [2.45, 2.75) is 25.0 Å². The van der Waals surface area contributed by atoms with E-state index in [1.807, 2.05) is 61.5 Å². The van der Waals surface area contributed by atoms with Crippen molar-refractivity contribution in [3.8, 4) is 11.5 Å². The molecule has 2 aliphatic heterocycles. The molecule has 2 aromatic rings. The van der Waals surface area contributed by atoms with Crippen LogP contribution in [0, 0.1) is 5.92 Å². The first kappa shape index (κ1) is 17.4. The minimum Gasteiger partial charge on any atom is -0.492 e. The minimum absolute atomic E-state index is 0.267. The molecule has 2 aliphatic rings. The smallest absolute Gasteiger partial charge is 0.238 e. The monoisotopic (exact) mass is 366 g/mol. The zero-order chi connectivity index (χ0) is 19.0. The highest BCUT2D eigenvalue weighted by atomic mass is 16.5. The highest BCUT2D eigenvalue weighted by Gasteiger charge is 2.55. The number of primary amides is 1. The summed E-state index contributed by atoms with van der Waals surface area (Å²) in [4.78, 5) is 26.8. The van der Waals surface area contributed by atoms with Gasteiger partial charge in [0.2, 0.25) is 11.8 Å². The highest BCUT2D eigenvalue weighted by Crippen LogP contribution is 2.49. The molecule has 3 atom stereocenters. The molecule has 0 aromatic heterocycles. The van der Waals surface area contributed by atoms with Crippen molar-refractivity contribution in [2.24, 2.45) is 11.7 Å². The molecule has 0 aliphatic carbocycles. The van der Waals surface area contributed by atoms with E-state index < -0.39 is 17.6 Å². The lowest BCUT2D eigenvalue weighted by Crippen LogP contribution is -2.65. The van der Waals surface area contributed by atoms with Gasteiger partial charge in [-0.15, -0.1) is 0 Å². The summed E-state index contributed by atoms with van der Waals surface area (Å²) in [5.41, 5.74) is 5.65. The molecular formula is C21H22N2O4. The number of nitrogens with two attached hydrogens (primary N) is 1. The molecule has 1 fully saturated rings. The number of rotatable bonds is 5. The first-order valence-corrected chi connectivity index (χ1v) is 9.06. The number of benzene rings is 2. The normalized spacial score (nSPS) is 26.1. The zero-order valence-electron chi connectivity index (χ0n) is 15.1. The molecule has 2 heterocycles. The number of amides is 2. The lowest BCUT2D eigenvalue weighted by molar-refractivity contribution is -0.176. The van der Waals surface area contributed by atoms with Crippen molar-refractivity contribution in [3.63, 3.8) is 0 Å². The van der Waals surface area contributed by atoms with Crippen molar-refractivity contribution in [2.75, 3.05) is 13.2 Å². The number of para-hydroxylation sites is 2. The second kappa shape index (κ2) is 6.61. The Morgan fingerprint density at radius 2 is 1.93 bits per heavy atom. The van der Waals surface area contributed by atoms with Crippen LogP contribution in [0.1, 0.15) is 24.8 Å². The molecule has 2 aromatic carbocycles. The summed E-state index contributed by atoms with van der Waals surface area (Å²) < 4.78 is 11.9. The van der Waals surface area contributed by atoms with Crippen LogP contribution in [0.2, 0.25) is 0 Å². The van der Waals surface area contributed by atoms with Gasteiger partial charge in [-0.1, -0.05) is 36.4 Å². The van der Waals surface area contributed by atoms with Crippen LogP contribution in [-0.2, 0) is 9.59 Å². The number of likely N-dealkylation sites (tertiary alicyclic amines) is 1. The average Bonchev–Trinajstić information content (AvgIpc) is 2.65. The molecule has 2 bridgehead atoms. The molecule has 2 amide bonds. The van der Waals surface area contributed by atoms with Gasteiger partial charge in [-0.05, 0) is 30.7 Å². The molecule has 6 nitrogen and oxygen atoms in total. The maximum absolute atomic E-state index is 13.1. The molecule has 27 heavy (non-hydrogen) atoms. The maximum Gasteiger partial charge on any atom is 0.238 e. The Hall–Kier alpha value is -3.02. The Labute approximate surface area is 157 Å². The predicted octanol–water partition coefficient (Wildman–Crippen LogP) is 2.29. The quantitative estimate of drug-likeness (QED) is 0.823. The lowest BCUT2D eigenvalue weighted by atomic mass is 9.73. The van der Waals surface area contributed by atoms with Gasteiger partial charge in [-0.25, -0.2) is 0 Å². The second-order valence-corrected chi connectivity index (χ2v) is 7.16. The third kappa shape index (κ3) is 3.01. The fourth-order valence-electron chi connectivity index (χ4n) is 4.15. The lowest BCUT2D eigenvalue weighted by Gasteiger charge is -2.52. The summed E-state index contributed by atoms with van der Waals surface area (Å²) in [5.74, 6) is -0.628. The van der Waals surface area contributed by atoms with Crippen molar-refractivity contribution in [1.29, 1.82) is 0 Å². The number of carbonyl (C=O) groups is 2.